The summed E-state index contributed by atoms with van der Waals surface area (Å²) >= 11 is 0. The van der Waals surface area contributed by atoms with Crippen LogP contribution in [0.25, 0.3) is 10.8 Å². The number of nitrogens with one attached hydrogen (secondary N) is 2. The third kappa shape index (κ3) is 2.80. The number of aromatic amines is 1. The molecule has 2 aromatic rings. The predicted octanol–water partition coefficient (Wildman–Crippen LogP) is 3.52. The van der Waals surface area contributed by atoms with Crippen LogP contribution >= 0.6 is 0 Å². The summed E-state index contributed by atoms with van der Waals surface area (Å²) in [6.45, 7) is 0.967. The van der Waals surface area contributed by atoms with E-state index in [4.69, 9.17) is 0 Å². The molecule has 3 heteroatoms. The molecule has 0 saturated heterocycles. The molecule has 0 spiro atoms. The van der Waals surface area contributed by atoms with Crippen LogP contribution in [0.3, 0.4) is 0 Å². The molecule has 19 heavy (non-hydrogen) atoms. The van der Waals surface area contributed by atoms with Crippen LogP contribution in [-0.4, -0.2) is 11.5 Å². The van der Waals surface area contributed by atoms with Gasteiger partial charge in [0.25, 0.3) is 5.56 Å². The third-order valence-corrected chi connectivity index (χ3v) is 4.06. The van der Waals surface area contributed by atoms with Crippen LogP contribution in [0.1, 0.15) is 32.1 Å². The largest absolute Gasteiger partial charge is 0.371 e. The monoisotopic (exact) mass is 256 g/mol. The Bertz CT molecular complexity index is 611. The van der Waals surface area contributed by atoms with Gasteiger partial charge in [-0.15, -0.1) is 0 Å². The summed E-state index contributed by atoms with van der Waals surface area (Å²) in [6, 6.07) is 9.73. The molecule has 1 fully saturated rings. The molecule has 0 radical (unpaired) electrons. The summed E-state index contributed by atoms with van der Waals surface area (Å²) in [5.74, 6) is 1.60. The van der Waals surface area contributed by atoms with Crippen molar-refractivity contribution in [1.82, 2.24) is 4.98 Å². The van der Waals surface area contributed by atoms with Crippen molar-refractivity contribution in [3.05, 3.63) is 40.7 Å². The van der Waals surface area contributed by atoms with Gasteiger partial charge < -0.3 is 10.3 Å². The second-order valence-electron chi connectivity index (χ2n) is 5.48. The van der Waals surface area contributed by atoms with Gasteiger partial charge in [-0.1, -0.05) is 37.5 Å². The summed E-state index contributed by atoms with van der Waals surface area (Å²) in [5.41, 5.74) is -0.00996. The van der Waals surface area contributed by atoms with Gasteiger partial charge >= 0.3 is 0 Å². The van der Waals surface area contributed by atoms with E-state index in [2.05, 4.69) is 10.3 Å². The molecule has 3 rings (SSSR count). The highest BCUT2D eigenvalue weighted by atomic mass is 16.1. The van der Waals surface area contributed by atoms with Crippen molar-refractivity contribution in [3.8, 4) is 0 Å². The summed E-state index contributed by atoms with van der Waals surface area (Å²) in [4.78, 5) is 14.9. The molecule has 1 aromatic carbocycles. The molecule has 0 bridgehead atoms. The van der Waals surface area contributed by atoms with Crippen molar-refractivity contribution in [3.63, 3.8) is 0 Å². The first-order chi connectivity index (χ1) is 9.33. The Kier molecular flexibility index (Phi) is 3.53. The number of benzene rings is 1. The van der Waals surface area contributed by atoms with Crippen LogP contribution in [0.5, 0.6) is 0 Å². The minimum atomic E-state index is -0.00996. The number of hydrogen-bond donors (Lipinski definition) is 2. The summed E-state index contributed by atoms with van der Waals surface area (Å²) in [7, 11) is 0. The fraction of sp³-hybridized carbons (Fsp3) is 0.438. The maximum atomic E-state index is 12.0. The number of H-pyrrole nitrogens is 1. The summed E-state index contributed by atoms with van der Waals surface area (Å²) in [6.07, 6.45) is 6.69. The van der Waals surface area contributed by atoms with E-state index in [0.717, 1.165) is 29.1 Å². The van der Waals surface area contributed by atoms with Crippen LogP contribution in [0.2, 0.25) is 0 Å². The summed E-state index contributed by atoms with van der Waals surface area (Å²) in [5, 5.41) is 5.14. The van der Waals surface area contributed by atoms with E-state index in [9.17, 15) is 4.79 Å². The number of rotatable bonds is 3. The highest BCUT2D eigenvalue weighted by molar-refractivity contribution is 5.83. The van der Waals surface area contributed by atoms with Crippen molar-refractivity contribution in [2.24, 2.45) is 5.92 Å². The molecular formula is C16H20N2O. The van der Waals surface area contributed by atoms with Gasteiger partial charge in [0, 0.05) is 11.9 Å². The van der Waals surface area contributed by atoms with Crippen molar-refractivity contribution in [2.75, 3.05) is 11.9 Å². The average Bonchev–Trinajstić information content (AvgIpc) is 2.46. The molecule has 1 heterocycles. The van der Waals surface area contributed by atoms with E-state index in [1.807, 2.05) is 30.3 Å². The van der Waals surface area contributed by atoms with Crippen LogP contribution in [-0.2, 0) is 0 Å². The number of aromatic nitrogens is 1. The molecule has 100 valence electrons. The maximum absolute atomic E-state index is 12.0. The van der Waals surface area contributed by atoms with Gasteiger partial charge in [0.15, 0.2) is 0 Å². The van der Waals surface area contributed by atoms with Crippen molar-refractivity contribution < 1.29 is 0 Å². The highest BCUT2D eigenvalue weighted by Gasteiger charge is 2.13. The molecule has 1 aromatic heterocycles. The fourth-order valence-corrected chi connectivity index (χ4v) is 2.95. The third-order valence-electron chi connectivity index (χ3n) is 4.06. The Balaban J connectivity index is 1.75. The molecule has 0 atom stereocenters. The first-order valence-corrected chi connectivity index (χ1v) is 7.19. The molecule has 1 saturated carbocycles. The Morgan fingerprint density at radius 1 is 1.16 bits per heavy atom. The van der Waals surface area contributed by atoms with Gasteiger partial charge in [0.1, 0.15) is 5.82 Å². The molecule has 1 aliphatic carbocycles. The van der Waals surface area contributed by atoms with E-state index < -0.39 is 0 Å². The van der Waals surface area contributed by atoms with Gasteiger partial charge in [-0.05, 0) is 36.3 Å². The summed E-state index contributed by atoms with van der Waals surface area (Å²) < 4.78 is 0. The van der Waals surface area contributed by atoms with Crippen LogP contribution in [0.4, 0.5) is 5.82 Å². The predicted molar refractivity (Wildman–Crippen MR) is 79.6 cm³/mol. The second-order valence-corrected chi connectivity index (χ2v) is 5.48. The maximum Gasteiger partial charge on any atom is 0.257 e. The molecule has 2 N–H and O–H groups in total. The number of anilines is 1. The lowest BCUT2D eigenvalue weighted by Gasteiger charge is -2.22. The molecule has 0 unspecified atom stereocenters. The standard InChI is InChI=1S/C16H20N2O/c19-16-14-9-5-4-8-13(14)10-15(18-16)17-11-12-6-2-1-3-7-12/h4-5,8-10,12H,1-3,6-7,11H2,(H2,17,18,19). The van der Waals surface area contributed by atoms with Gasteiger partial charge in [-0.2, -0.15) is 0 Å². The van der Waals surface area contributed by atoms with E-state index in [1.54, 1.807) is 0 Å². The van der Waals surface area contributed by atoms with Crippen molar-refractivity contribution in [2.45, 2.75) is 32.1 Å². The van der Waals surface area contributed by atoms with Gasteiger partial charge in [-0.3, -0.25) is 4.79 Å². The Labute approximate surface area is 113 Å². The number of hydrogen-bond acceptors (Lipinski definition) is 2. The van der Waals surface area contributed by atoms with Crippen molar-refractivity contribution in [1.29, 1.82) is 0 Å². The van der Waals surface area contributed by atoms with E-state index >= 15 is 0 Å². The van der Waals surface area contributed by atoms with Crippen LogP contribution in [0.15, 0.2) is 35.1 Å². The Hall–Kier alpha value is -1.77. The van der Waals surface area contributed by atoms with Gasteiger partial charge in [0.05, 0.1) is 0 Å². The minimum Gasteiger partial charge on any atom is -0.371 e. The zero-order valence-electron chi connectivity index (χ0n) is 11.1. The van der Waals surface area contributed by atoms with E-state index in [1.165, 1.54) is 32.1 Å². The van der Waals surface area contributed by atoms with Gasteiger partial charge in [0.2, 0.25) is 0 Å². The first-order valence-electron chi connectivity index (χ1n) is 7.19. The van der Waals surface area contributed by atoms with E-state index in [0.29, 0.717) is 0 Å². The molecule has 3 nitrogen and oxygen atoms in total. The lowest BCUT2D eigenvalue weighted by molar-refractivity contribution is 0.373. The van der Waals surface area contributed by atoms with Crippen LogP contribution < -0.4 is 10.9 Å². The van der Waals surface area contributed by atoms with Gasteiger partial charge in [-0.25, -0.2) is 0 Å². The lowest BCUT2D eigenvalue weighted by Crippen LogP contribution is -2.19. The zero-order valence-corrected chi connectivity index (χ0v) is 11.1. The number of pyridine rings is 1. The average molecular weight is 256 g/mol. The molecular weight excluding hydrogens is 236 g/mol. The van der Waals surface area contributed by atoms with Crippen molar-refractivity contribution >= 4 is 16.6 Å². The fourth-order valence-electron chi connectivity index (χ4n) is 2.95. The lowest BCUT2D eigenvalue weighted by atomic mass is 9.89. The Morgan fingerprint density at radius 2 is 1.95 bits per heavy atom. The quantitative estimate of drug-likeness (QED) is 0.882. The molecule has 0 amide bonds. The first kappa shape index (κ1) is 12.3. The zero-order chi connectivity index (χ0) is 13.1. The Morgan fingerprint density at radius 3 is 2.79 bits per heavy atom. The topological polar surface area (TPSA) is 44.9 Å². The normalized spacial score (nSPS) is 16.6. The molecule has 1 aliphatic rings. The highest BCUT2D eigenvalue weighted by Crippen LogP contribution is 2.23. The van der Waals surface area contributed by atoms with Crippen LogP contribution in [0, 0.1) is 5.92 Å². The second kappa shape index (κ2) is 5.47. The van der Waals surface area contributed by atoms with E-state index in [-0.39, 0.29) is 5.56 Å². The minimum absolute atomic E-state index is 0.00996. The smallest absolute Gasteiger partial charge is 0.257 e. The molecule has 0 aliphatic heterocycles. The number of fused-ring (bicyclic) bond motifs is 1. The SMILES string of the molecule is O=c1[nH]c(NCC2CCCCC2)cc2ccccc12.